The number of carbonyl (C=O) groups excluding carboxylic acids is 1. The first kappa shape index (κ1) is 27.4. The Labute approximate surface area is 188 Å². The Balaban J connectivity index is 0.00000243. The van der Waals surface area contributed by atoms with Gasteiger partial charge in [-0.15, -0.1) is 37.2 Å². The molecular formula is C20H35Cl3N4O. The summed E-state index contributed by atoms with van der Waals surface area (Å²) in [5.74, 6) is 0.145. The van der Waals surface area contributed by atoms with Crippen molar-refractivity contribution in [1.29, 1.82) is 0 Å². The molecule has 3 rings (SSSR count). The minimum absolute atomic E-state index is 0. The number of halogens is 3. The highest BCUT2D eigenvalue weighted by atomic mass is 35.5. The second-order valence-corrected chi connectivity index (χ2v) is 7.20. The van der Waals surface area contributed by atoms with Crippen LogP contribution in [0.2, 0.25) is 0 Å². The van der Waals surface area contributed by atoms with Crippen LogP contribution in [0.25, 0.3) is 0 Å². The van der Waals surface area contributed by atoms with Crippen LogP contribution in [0, 0.1) is 0 Å². The van der Waals surface area contributed by atoms with Gasteiger partial charge < -0.3 is 15.5 Å². The van der Waals surface area contributed by atoms with Crippen molar-refractivity contribution in [2.75, 3.05) is 39.3 Å². The van der Waals surface area contributed by atoms with E-state index in [0.29, 0.717) is 6.54 Å². The summed E-state index contributed by atoms with van der Waals surface area (Å²) in [4.78, 5) is 17.4. The maximum Gasteiger partial charge on any atom is 0.237 e. The van der Waals surface area contributed by atoms with Gasteiger partial charge in [0, 0.05) is 39.3 Å². The van der Waals surface area contributed by atoms with E-state index in [4.69, 9.17) is 0 Å². The van der Waals surface area contributed by atoms with Crippen LogP contribution in [0.5, 0.6) is 0 Å². The summed E-state index contributed by atoms with van der Waals surface area (Å²) in [7, 11) is 0. The number of hydrogen-bond acceptors (Lipinski definition) is 4. The highest BCUT2D eigenvalue weighted by Gasteiger charge is 2.21. The molecule has 0 spiro atoms. The predicted octanol–water partition coefficient (Wildman–Crippen LogP) is 2.85. The molecule has 0 radical (unpaired) electrons. The Kier molecular flexibility index (Phi) is 14.1. The summed E-state index contributed by atoms with van der Waals surface area (Å²) >= 11 is 0. The molecule has 2 N–H and O–H groups in total. The number of nitrogens with zero attached hydrogens (tertiary/aromatic N) is 2. The van der Waals surface area contributed by atoms with Crippen molar-refractivity contribution in [3.8, 4) is 0 Å². The van der Waals surface area contributed by atoms with Gasteiger partial charge in [0.2, 0.25) is 5.91 Å². The summed E-state index contributed by atoms with van der Waals surface area (Å²) < 4.78 is 0. The fourth-order valence-corrected chi connectivity index (χ4v) is 3.77. The summed E-state index contributed by atoms with van der Waals surface area (Å²) in [6, 6.07) is 8.51. The summed E-state index contributed by atoms with van der Waals surface area (Å²) in [6.45, 7) is 10.5. The first-order chi connectivity index (χ1) is 12.3. The lowest BCUT2D eigenvalue weighted by atomic mass is 10.0. The minimum atomic E-state index is -0.0111. The van der Waals surface area contributed by atoms with Gasteiger partial charge in [0.1, 0.15) is 0 Å². The molecule has 0 aliphatic carbocycles. The average Bonchev–Trinajstić information content (AvgIpc) is 2.68. The third-order valence-corrected chi connectivity index (χ3v) is 5.50. The summed E-state index contributed by atoms with van der Waals surface area (Å²) in [6.07, 6.45) is 3.28. The Hall–Kier alpha value is -0.560. The van der Waals surface area contributed by atoms with Gasteiger partial charge in [-0.1, -0.05) is 37.6 Å². The molecule has 28 heavy (non-hydrogen) atoms. The Morgan fingerprint density at radius 1 is 1.04 bits per heavy atom. The van der Waals surface area contributed by atoms with Crippen molar-refractivity contribution >= 4 is 43.1 Å². The van der Waals surface area contributed by atoms with E-state index in [1.54, 1.807) is 0 Å². The van der Waals surface area contributed by atoms with Crippen LogP contribution in [0.15, 0.2) is 24.3 Å². The van der Waals surface area contributed by atoms with Crippen molar-refractivity contribution < 1.29 is 4.79 Å². The van der Waals surface area contributed by atoms with Crippen molar-refractivity contribution in [2.45, 2.75) is 45.3 Å². The Morgan fingerprint density at radius 3 is 2.29 bits per heavy atom. The smallest absolute Gasteiger partial charge is 0.237 e. The lowest BCUT2D eigenvalue weighted by molar-refractivity contribution is -0.123. The molecule has 1 aromatic rings. The normalized spacial score (nSPS) is 20.2. The molecule has 162 valence electrons. The molecule has 0 saturated carbocycles. The molecule has 2 aliphatic rings. The number of piperidine rings is 1. The zero-order valence-corrected chi connectivity index (χ0v) is 19.1. The summed E-state index contributed by atoms with van der Waals surface area (Å²) in [5.41, 5.74) is 2.58. The second-order valence-electron chi connectivity index (χ2n) is 7.20. The van der Waals surface area contributed by atoms with E-state index in [2.05, 4.69) is 51.6 Å². The first-order valence-electron chi connectivity index (χ1n) is 9.79. The molecule has 8 heteroatoms. The molecule has 1 unspecified atom stereocenters. The molecule has 2 fully saturated rings. The van der Waals surface area contributed by atoms with Gasteiger partial charge >= 0.3 is 0 Å². The van der Waals surface area contributed by atoms with Crippen LogP contribution in [0.1, 0.15) is 37.3 Å². The van der Waals surface area contributed by atoms with Gasteiger partial charge in [-0.3, -0.25) is 9.69 Å². The van der Waals surface area contributed by atoms with E-state index < -0.39 is 0 Å². The van der Waals surface area contributed by atoms with Gasteiger partial charge in [0.05, 0.1) is 6.04 Å². The number of likely N-dealkylation sites (N-methyl/N-ethyl adjacent to an activating group) is 1. The van der Waals surface area contributed by atoms with E-state index >= 15 is 0 Å². The molecule has 2 aliphatic heterocycles. The molecule has 1 atom stereocenters. The SMILES string of the molecule is CCN1CCN(Cc2ccccc2CNC(=O)C2CCCCN2)CC1.Cl.Cl.Cl. The number of benzene rings is 1. The van der Waals surface area contributed by atoms with Crippen LogP contribution < -0.4 is 10.6 Å². The van der Waals surface area contributed by atoms with E-state index in [9.17, 15) is 4.79 Å². The molecule has 2 saturated heterocycles. The number of rotatable bonds is 6. The molecule has 1 amide bonds. The second kappa shape index (κ2) is 14.4. The first-order valence-corrected chi connectivity index (χ1v) is 9.79. The van der Waals surface area contributed by atoms with Crippen molar-refractivity contribution in [3.63, 3.8) is 0 Å². The summed E-state index contributed by atoms with van der Waals surface area (Å²) in [5, 5.41) is 6.45. The topological polar surface area (TPSA) is 47.6 Å². The fourth-order valence-electron chi connectivity index (χ4n) is 3.77. The van der Waals surface area contributed by atoms with Gasteiger partial charge in [0.25, 0.3) is 0 Å². The zero-order valence-electron chi connectivity index (χ0n) is 16.7. The number of carbonyl (C=O) groups is 1. The van der Waals surface area contributed by atoms with Crippen LogP contribution >= 0.6 is 37.2 Å². The van der Waals surface area contributed by atoms with Crippen molar-refractivity contribution in [2.24, 2.45) is 0 Å². The monoisotopic (exact) mass is 452 g/mol. The Morgan fingerprint density at radius 2 is 1.68 bits per heavy atom. The highest BCUT2D eigenvalue weighted by Crippen LogP contribution is 2.14. The zero-order chi connectivity index (χ0) is 17.5. The highest BCUT2D eigenvalue weighted by molar-refractivity contribution is 5.86. The van der Waals surface area contributed by atoms with E-state index in [-0.39, 0.29) is 49.2 Å². The van der Waals surface area contributed by atoms with E-state index in [1.807, 2.05) is 0 Å². The molecule has 5 nitrogen and oxygen atoms in total. The lowest BCUT2D eigenvalue weighted by Gasteiger charge is -2.34. The van der Waals surface area contributed by atoms with Crippen LogP contribution in [-0.4, -0.2) is 61.0 Å². The van der Waals surface area contributed by atoms with E-state index in [1.165, 1.54) is 17.5 Å². The Bertz CT molecular complexity index is 562. The lowest BCUT2D eigenvalue weighted by Crippen LogP contribution is -2.46. The third-order valence-electron chi connectivity index (χ3n) is 5.50. The third kappa shape index (κ3) is 8.05. The van der Waals surface area contributed by atoms with Gasteiger partial charge in [-0.25, -0.2) is 0 Å². The van der Waals surface area contributed by atoms with Crippen molar-refractivity contribution in [3.05, 3.63) is 35.4 Å². The van der Waals surface area contributed by atoms with Crippen molar-refractivity contribution in [1.82, 2.24) is 20.4 Å². The molecule has 0 aromatic heterocycles. The fraction of sp³-hybridized carbons (Fsp3) is 0.650. The van der Waals surface area contributed by atoms with Crippen LogP contribution in [0.4, 0.5) is 0 Å². The van der Waals surface area contributed by atoms with Crippen LogP contribution in [-0.2, 0) is 17.9 Å². The number of piperazine rings is 1. The molecule has 0 bridgehead atoms. The number of nitrogens with one attached hydrogen (secondary N) is 2. The standard InChI is InChI=1S/C20H32N4O.3ClH/c1-2-23-11-13-24(14-12-23)16-18-8-4-3-7-17(18)15-22-20(25)19-9-5-6-10-21-19;;;/h3-4,7-8,19,21H,2,5-6,9-16H2,1H3,(H,22,25);3*1H. The minimum Gasteiger partial charge on any atom is -0.351 e. The maximum absolute atomic E-state index is 12.4. The van der Waals surface area contributed by atoms with Crippen LogP contribution in [0.3, 0.4) is 0 Å². The van der Waals surface area contributed by atoms with Gasteiger partial charge in [0.15, 0.2) is 0 Å². The largest absolute Gasteiger partial charge is 0.351 e. The number of amides is 1. The number of hydrogen-bond donors (Lipinski definition) is 2. The molecule has 1 aromatic carbocycles. The average molecular weight is 454 g/mol. The predicted molar refractivity (Wildman–Crippen MR) is 123 cm³/mol. The molecule has 2 heterocycles. The van der Waals surface area contributed by atoms with Gasteiger partial charge in [-0.05, 0) is 37.1 Å². The van der Waals surface area contributed by atoms with Gasteiger partial charge in [-0.2, -0.15) is 0 Å². The van der Waals surface area contributed by atoms with E-state index in [0.717, 1.165) is 58.7 Å². The maximum atomic E-state index is 12.4. The quantitative estimate of drug-likeness (QED) is 0.695. The molecular weight excluding hydrogens is 419 g/mol.